The highest BCUT2D eigenvalue weighted by Crippen LogP contribution is 2.29. The summed E-state index contributed by atoms with van der Waals surface area (Å²) < 4.78 is 39.1. The number of hydrogen-bond donors (Lipinski definition) is 0. The molecule has 0 bridgehead atoms. The number of carbonyl (C=O) groups excluding carboxylic acids is 1. The summed E-state index contributed by atoms with van der Waals surface area (Å²) in [6, 6.07) is 12.6. The smallest absolute Gasteiger partial charge is 0.387 e. The molecule has 0 spiro atoms. The zero-order chi connectivity index (χ0) is 18.9. The van der Waals surface area contributed by atoms with Crippen LogP contribution in [0.15, 0.2) is 48.5 Å². The molecule has 0 aliphatic rings. The Hall–Kier alpha value is -3.40. The first-order valence-electron chi connectivity index (χ1n) is 7.48. The van der Waals surface area contributed by atoms with E-state index in [-0.39, 0.29) is 23.9 Å². The normalized spacial score (nSPS) is 10.6. The number of rotatable bonds is 8. The molecule has 2 rings (SSSR count). The average Bonchev–Trinajstić information content (AvgIpc) is 2.65. The number of nitrogens with zero attached hydrogens (tertiary/aromatic N) is 1. The molecule has 0 heterocycles. The second-order valence-electron chi connectivity index (χ2n) is 4.96. The second-order valence-corrected chi connectivity index (χ2v) is 4.96. The van der Waals surface area contributed by atoms with E-state index in [0.29, 0.717) is 16.9 Å². The Labute approximate surface area is 149 Å². The maximum atomic E-state index is 12.3. The van der Waals surface area contributed by atoms with Crippen LogP contribution in [0.5, 0.6) is 17.2 Å². The van der Waals surface area contributed by atoms with Crippen molar-refractivity contribution in [1.82, 2.24) is 0 Å². The summed E-state index contributed by atoms with van der Waals surface area (Å²) in [7, 11) is 1.34. The van der Waals surface area contributed by atoms with Crippen molar-refractivity contribution in [2.24, 2.45) is 0 Å². The highest BCUT2D eigenvalue weighted by Gasteiger charge is 2.10. The number of carbonyl (C=O) groups is 1. The minimum absolute atomic E-state index is 0.0691. The fraction of sp³-hybridized carbons (Fsp3) is 0.158. The van der Waals surface area contributed by atoms with E-state index in [9.17, 15) is 13.6 Å². The van der Waals surface area contributed by atoms with Gasteiger partial charge in [0.25, 0.3) is 0 Å². The van der Waals surface area contributed by atoms with E-state index in [1.54, 1.807) is 24.3 Å². The number of ketones is 1. The Balaban J connectivity index is 2.08. The molecule has 0 saturated heterocycles. The van der Waals surface area contributed by atoms with E-state index in [1.807, 2.05) is 6.07 Å². The van der Waals surface area contributed by atoms with Crippen LogP contribution in [-0.4, -0.2) is 26.1 Å². The average molecular weight is 359 g/mol. The molecule has 0 saturated carbocycles. The molecule has 5 nitrogen and oxygen atoms in total. The van der Waals surface area contributed by atoms with E-state index in [0.717, 1.165) is 0 Å². The van der Waals surface area contributed by atoms with Gasteiger partial charge < -0.3 is 14.2 Å². The lowest BCUT2D eigenvalue weighted by Gasteiger charge is -2.10. The van der Waals surface area contributed by atoms with E-state index in [2.05, 4.69) is 4.74 Å². The molecule has 26 heavy (non-hydrogen) atoms. The monoisotopic (exact) mass is 359 g/mol. The Bertz CT molecular complexity index is 826. The molecule has 2 aromatic carbocycles. The van der Waals surface area contributed by atoms with Crippen molar-refractivity contribution in [2.45, 2.75) is 6.61 Å². The molecule has 7 heteroatoms. The van der Waals surface area contributed by atoms with Crippen LogP contribution in [0, 0.1) is 11.3 Å². The largest absolute Gasteiger partial charge is 0.493 e. The van der Waals surface area contributed by atoms with E-state index >= 15 is 0 Å². The first-order chi connectivity index (χ1) is 12.5. The van der Waals surface area contributed by atoms with Gasteiger partial charge in [-0.2, -0.15) is 14.0 Å². The molecule has 0 fully saturated rings. The first kappa shape index (κ1) is 18.9. The molecule has 0 amide bonds. The fourth-order valence-corrected chi connectivity index (χ4v) is 2.08. The summed E-state index contributed by atoms with van der Waals surface area (Å²) >= 11 is 0. The standard InChI is InChI=1S/C19H15F2NO4/c1-24-18-12-13(3-9-17(18)26-19(20)21)2-8-16(23)14-4-6-15(7-5-14)25-11-10-22/h2-9,12,19H,11H2,1H3/b8-2+. The van der Waals surface area contributed by atoms with Crippen molar-refractivity contribution < 1.29 is 27.8 Å². The molecule has 0 aromatic heterocycles. The quantitative estimate of drug-likeness (QED) is 0.524. The van der Waals surface area contributed by atoms with Crippen LogP contribution in [0.25, 0.3) is 6.08 Å². The van der Waals surface area contributed by atoms with Gasteiger partial charge in [0.15, 0.2) is 23.9 Å². The molecule has 0 aliphatic heterocycles. The van der Waals surface area contributed by atoms with Crippen molar-refractivity contribution in [3.63, 3.8) is 0 Å². The number of alkyl halides is 2. The van der Waals surface area contributed by atoms with Gasteiger partial charge in [0.05, 0.1) is 7.11 Å². The van der Waals surface area contributed by atoms with Crippen LogP contribution in [0.1, 0.15) is 15.9 Å². The number of hydrogen-bond acceptors (Lipinski definition) is 5. The van der Waals surface area contributed by atoms with Crippen LogP contribution >= 0.6 is 0 Å². The molecular weight excluding hydrogens is 344 g/mol. The molecule has 0 radical (unpaired) electrons. The van der Waals surface area contributed by atoms with Crippen LogP contribution in [0.4, 0.5) is 8.78 Å². The third-order valence-electron chi connectivity index (χ3n) is 3.27. The second kappa shape index (κ2) is 9.18. The van der Waals surface area contributed by atoms with Crippen LogP contribution in [-0.2, 0) is 0 Å². The SMILES string of the molecule is COc1cc(/C=C/C(=O)c2ccc(OCC#N)cc2)ccc1OC(F)F. The van der Waals surface area contributed by atoms with E-state index in [1.165, 1.54) is 37.5 Å². The summed E-state index contributed by atoms with van der Waals surface area (Å²) in [5.41, 5.74) is 1.03. The minimum atomic E-state index is -2.95. The van der Waals surface area contributed by atoms with Crippen LogP contribution in [0.3, 0.4) is 0 Å². The van der Waals surface area contributed by atoms with E-state index < -0.39 is 6.61 Å². The number of halogens is 2. The Morgan fingerprint density at radius 2 is 1.92 bits per heavy atom. The summed E-state index contributed by atoms with van der Waals surface area (Å²) in [4.78, 5) is 12.2. The van der Waals surface area contributed by atoms with Gasteiger partial charge in [0.2, 0.25) is 0 Å². The Morgan fingerprint density at radius 1 is 1.19 bits per heavy atom. The van der Waals surface area contributed by atoms with Crippen molar-refractivity contribution in [3.8, 4) is 23.3 Å². The van der Waals surface area contributed by atoms with Crippen molar-refractivity contribution in [2.75, 3.05) is 13.7 Å². The number of benzene rings is 2. The van der Waals surface area contributed by atoms with E-state index in [4.69, 9.17) is 14.7 Å². The van der Waals surface area contributed by atoms with Gasteiger partial charge in [-0.1, -0.05) is 12.1 Å². The van der Waals surface area contributed by atoms with Gasteiger partial charge in [0, 0.05) is 5.56 Å². The molecule has 0 unspecified atom stereocenters. The highest BCUT2D eigenvalue weighted by atomic mass is 19.3. The predicted molar refractivity (Wildman–Crippen MR) is 90.5 cm³/mol. The third kappa shape index (κ3) is 5.31. The van der Waals surface area contributed by atoms with Crippen molar-refractivity contribution in [1.29, 1.82) is 5.26 Å². The molecule has 134 valence electrons. The summed E-state index contributed by atoms with van der Waals surface area (Å²) in [5.74, 6) is 0.299. The maximum Gasteiger partial charge on any atom is 0.387 e. The zero-order valence-corrected chi connectivity index (χ0v) is 13.8. The topological polar surface area (TPSA) is 68.5 Å². The Morgan fingerprint density at radius 3 is 2.54 bits per heavy atom. The Kier molecular flexibility index (Phi) is 6.68. The fourth-order valence-electron chi connectivity index (χ4n) is 2.08. The minimum Gasteiger partial charge on any atom is -0.493 e. The zero-order valence-electron chi connectivity index (χ0n) is 13.8. The summed E-state index contributed by atoms with van der Waals surface area (Å²) in [5, 5.41) is 8.45. The lowest BCUT2D eigenvalue weighted by atomic mass is 10.1. The number of allylic oxidation sites excluding steroid dienone is 1. The third-order valence-corrected chi connectivity index (χ3v) is 3.27. The van der Waals surface area contributed by atoms with Gasteiger partial charge in [-0.25, -0.2) is 0 Å². The number of ether oxygens (including phenoxy) is 3. The predicted octanol–water partition coefficient (Wildman–Crippen LogP) is 4.10. The van der Waals surface area contributed by atoms with Gasteiger partial charge in [-0.05, 0) is 48.0 Å². The van der Waals surface area contributed by atoms with Gasteiger partial charge in [-0.15, -0.1) is 0 Å². The lowest BCUT2D eigenvalue weighted by Crippen LogP contribution is -2.03. The summed E-state index contributed by atoms with van der Waals surface area (Å²) in [6.45, 7) is -3.02. The first-order valence-corrected chi connectivity index (χ1v) is 7.48. The van der Waals surface area contributed by atoms with Crippen molar-refractivity contribution in [3.05, 3.63) is 59.7 Å². The molecule has 0 atom stereocenters. The van der Waals surface area contributed by atoms with Gasteiger partial charge in [0.1, 0.15) is 11.8 Å². The molecule has 0 aliphatic carbocycles. The van der Waals surface area contributed by atoms with Gasteiger partial charge >= 0.3 is 6.61 Å². The maximum absolute atomic E-state index is 12.3. The molecule has 2 aromatic rings. The molecular formula is C19H15F2NO4. The van der Waals surface area contributed by atoms with Crippen LogP contribution < -0.4 is 14.2 Å². The van der Waals surface area contributed by atoms with Crippen molar-refractivity contribution >= 4 is 11.9 Å². The number of nitriles is 1. The lowest BCUT2D eigenvalue weighted by molar-refractivity contribution is -0.0512. The van der Waals surface area contributed by atoms with Gasteiger partial charge in [-0.3, -0.25) is 4.79 Å². The summed E-state index contributed by atoms with van der Waals surface area (Å²) in [6.07, 6.45) is 2.89. The molecule has 0 N–H and O–H groups in total. The van der Waals surface area contributed by atoms with Crippen LogP contribution in [0.2, 0.25) is 0 Å². The highest BCUT2D eigenvalue weighted by molar-refractivity contribution is 6.06. The number of methoxy groups -OCH3 is 1.